The van der Waals surface area contributed by atoms with E-state index < -0.39 is 0 Å². The zero-order valence-electron chi connectivity index (χ0n) is 11.8. The van der Waals surface area contributed by atoms with E-state index in [0.717, 1.165) is 32.4 Å². The zero-order chi connectivity index (χ0) is 14.4. The van der Waals surface area contributed by atoms with Crippen LogP contribution in [0.1, 0.15) is 32.6 Å². The highest BCUT2D eigenvalue weighted by Crippen LogP contribution is 2.31. The fraction of sp³-hybridized carbons (Fsp3) is 0.769. The minimum atomic E-state index is 0.186. The van der Waals surface area contributed by atoms with Crippen molar-refractivity contribution in [3.05, 3.63) is 5.28 Å². The summed E-state index contributed by atoms with van der Waals surface area (Å²) in [5.41, 5.74) is 0. The molecule has 2 rings (SSSR count). The van der Waals surface area contributed by atoms with Crippen molar-refractivity contribution in [2.24, 2.45) is 11.8 Å². The summed E-state index contributed by atoms with van der Waals surface area (Å²) < 4.78 is 0. The maximum Gasteiger partial charge on any atom is 0.228 e. The Morgan fingerprint density at radius 2 is 1.85 bits per heavy atom. The predicted molar refractivity (Wildman–Crippen MR) is 80.0 cm³/mol. The SMILES string of the molecule is CCCNc1nc(Cl)nc(NCC2CCCC2CO)n1. The molecule has 0 spiro atoms. The van der Waals surface area contributed by atoms with Crippen LogP contribution in [0.2, 0.25) is 5.28 Å². The van der Waals surface area contributed by atoms with Gasteiger partial charge in [0.1, 0.15) is 0 Å². The zero-order valence-corrected chi connectivity index (χ0v) is 12.5. The van der Waals surface area contributed by atoms with Gasteiger partial charge in [-0.3, -0.25) is 0 Å². The van der Waals surface area contributed by atoms with Crippen LogP contribution in [-0.2, 0) is 0 Å². The number of halogens is 1. The fourth-order valence-electron chi connectivity index (χ4n) is 2.59. The van der Waals surface area contributed by atoms with Crippen molar-refractivity contribution in [1.82, 2.24) is 15.0 Å². The Bertz CT molecular complexity index is 431. The minimum Gasteiger partial charge on any atom is -0.396 e. The van der Waals surface area contributed by atoms with Crippen molar-refractivity contribution in [3.63, 3.8) is 0 Å². The Morgan fingerprint density at radius 1 is 1.15 bits per heavy atom. The molecule has 1 aliphatic rings. The van der Waals surface area contributed by atoms with Gasteiger partial charge in [0.15, 0.2) is 0 Å². The third kappa shape index (κ3) is 4.18. The highest BCUT2D eigenvalue weighted by molar-refractivity contribution is 6.28. The van der Waals surface area contributed by atoms with Crippen LogP contribution in [0.25, 0.3) is 0 Å². The van der Waals surface area contributed by atoms with E-state index in [2.05, 4.69) is 32.5 Å². The normalized spacial score (nSPS) is 21.9. The Hall–Kier alpha value is -1.14. The Kier molecular flexibility index (Phi) is 5.79. The molecule has 0 aliphatic heterocycles. The molecule has 6 nitrogen and oxygen atoms in total. The molecule has 2 atom stereocenters. The van der Waals surface area contributed by atoms with Crippen LogP contribution in [0.15, 0.2) is 0 Å². The summed E-state index contributed by atoms with van der Waals surface area (Å²) in [5, 5.41) is 15.8. The van der Waals surface area contributed by atoms with Gasteiger partial charge in [-0.25, -0.2) is 0 Å². The second-order valence-electron chi connectivity index (χ2n) is 5.19. The Morgan fingerprint density at radius 3 is 2.55 bits per heavy atom. The molecule has 20 heavy (non-hydrogen) atoms. The average molecular weight is 300 g/mol. The van der Waals surface area contributed by atoms with Crippen LogP contribution in [0.3, 0.4) is 0 Å². The first-order valence-corrected chi connectivity index (χ1v) is 7.61. The van der Waals surface area contributed by atoms with E-state index in [1.807, 2.05) is 0 Å². The lowest BCUT2D eigenvalue weighted by Crippen LogP contribution is -2.22. The number of aliphatic hydroxyl groups excluding tert-OH is 1. The first-order chi connectivity index (χ1) is 9.72. The average Bonchev–Trinajstić information content (AvgIpc) is 2.90. The molecule has 1 fully saturated rings. The Balaban J connectivity index is 1.93. The summed E-state index contributed by atoms with van der Waals surface area (Å²) in [6, 6.07) is 0. The predicted octanol–water partition coefficient (Wildman–Crippen LogP) is 2.17. The van der Waals surface area contributed by atoms with E-state index in [1.165, 1.54) is 6.42 Å². The molecular weight excluding hydrogens is 278 g/mol. The molecule has 1 aliphatic carbocycles. The maximum atomic E-state index is 9.32. The van der Waals surface area contributed by atoms with E-state index in [0.29, 0.717) is 23.7 Å². The molecule has 1 aromatic rings. The van der Waals surface area contributed by atoms with E-state index in [-0.39, 0.29) is 11.9 Å². The number of aromatic nitrogens is 3. The number of hydrogen-bond donors (Lipinski definition) is 3. The molecule has 0 bridgehead atoms. The van der Waals surface area contributed by atoms with Gasteiger partial charge in [-0.1, -0.05) is 13.3 Å². The van der Waals surface area contributed by atoms with Gasteiger partial charge < -0.3 is 15.7 Å². The molecule has 3 N–H and O–H groups in total. The highest BCUT2D eigenvalue weighted by Gasteiger charge is 2.26. The van der Waals surface area contributed by atoms with Gasteiger partial charge in [0.25, 0.3) is 0 Å². The standard InChI is InChI=1S/C13H22ClN5O/c1-2-6-15-12-17-11(14)18-13(19-12)16-7-9-4-3-5-10(9)8-20/h9-10,20H,2-8H2,1H3,(H2,15,16,17,18,19). The van der Waals surface area contributed by atoms with Crippen molar-refractivity contribution in [1.29, 1.82) is 0 Å². The quantitative estimate of drug-likeness (QED) is 0.716. The van der Waals surface area contributed by atoms with Crippen LogP contribution in [0.4, 0.5) is 11.9 Å². The molecule has 2 unspecified atom stereocenters. The van der Waals surface area contributed by atoms with Gasteiger partial charge in [0.2, 0.25) is 17.2 Å². The maximum absolute atomic E-state index is 9.32. The number of nitrogens with zero attached hydrogens (tertiary/aromatic N) is 3. The summed E-state index contributed by atoms with van der Waals surface area (Å²) in [5.74, 6) is 1.85. The molecule has 1 saturated carbocycles. The molecule has 112 valence electrons. The second-order valence-corrected chi connectivity index (χ2v) is 5.53. The topological polar surface area (TPSA) is 83.0 Å². The van der Waals surface area contributed by atoms with Crippen LogP contribution < -0.4 is 10.6 Å². The molecule has 1 aromatic heterocycles. The van der Waals surface area contributed by atoms with Crippen molar-refractivity contribution in [2.45, 2.75) is 32.6 Å². The number of hydrogen-bond acceptors (Lipinski definition) is 6. The molecule has 7 heteroatoms. The molecule has 0 radical (unpaired) electrons. The number of anilines is 2. The third-order valence-corrected chi connectivity index (χ3v) is 3.88. The second kappa shape index (κ2) is 7.59. The van der Waals surface area contributed by atoms with E-state index in [4.69, 9.17) is 11.6 Å². The molecular formula is C13H22ClN5O. The largest absolute Gasteiger partial charge is 0.396 e. The van der Waals surface area contributed by atoms with Crippen molar-refractivity contribution in [2.75, 3.05) is 30.3 Å². The van der Waals surface area contributed by atoms with Crippen molar-refractivity contribution >= 4 is 23.5 Å². The molecule has 0 saturated heterocycles. The summed E-state index contributed by atoms with van der Waals surface area (Å²) in [6.45, 7) is 3.89. The first-order valence-electron chi connectivity index (χ1n) is 7.23. The minimum absolute atomic E-state index is 0.186. The lowest BCUT2D eigenvalue weighted by atomic mass is 9.97. The van der Waals surface area contributed by atoms with Crippen molar-refractivity contribution < 1.29 is 5.11 Å². The van der Waals surface area contributed by atoms with Crippen molar-refractivity contribution in [3.8, 4) is 0 Å². The first kappa shape index (κ1) is 15.3. The number of aliphatic hydroxyl groups is 1. The van der Waals surface area contributed by atoms with E-state index in [1.54, 1.807) is 0 Å². The lowest BCUT2D eigenvalue weighted by molar-refractivity contribution is 0.199. The van der Waals surface area contributed by atoms with Gasteiger partial charge in [-0.05, 0) is 42.7 Å². The van der Waals surface area contributed by atoms with Crippen LogP contribution >= 0.6 is 11.6 Å². The molecule has 0 aromatic carbocycles. The highest BCUT2D eigenvalue weighted by atomic mass is 35.5. The number of rotatable bonds is 7. The van der Waals surface area contributed by atoms with Gasteiger partial charge >= 0.3 is 0 Å². The van der Waals surface area contributed by atoms with Crippen LogP contribution in [-0.4, -0.2) is 39.8 Å². The summed E-state index contributed by atoms with van der Waals surface area (Å²) in [7, 11) is 0. The summed E-state index contributed by atoms with van der Waals surface area (Å²) >= 11 is 5.90. The summed E-state index contributed by atoms with van der Waals surface area (Å²) in [4.78, 5) is 12.4. The van der Waals surface area contributed by atoms with Crippen LogP contribution in [0, 0.1) is 11.8 Å². The lowest BCUT2D eigenvalue weighted by Gasteiger charge is -2.17. The van der Waals surface area contributed by atoms with Gasteiger partial charge in [-0.2, -0.15) is 15.0 Å². The fourth-order valence-corrected chi connectivity index (χ4v) is 2.75. The van der Waals surface area contributed by atoms with E-state index >= 15 is 0 Å². The van der Waals surface area contributed by atoms with Gasteiger partial charge in [0.05, 0.1) is 0 Å². The number of nitrogens with one attached hydrogen (secondary N) is 2. The smallest absolute Gasteiger partial charge is 0.228 e. The van der Waals surface area contributed by atoms with Gasteiger partial charge in [0, 0.05) is 19.7 Å². The third-order valence-electron chi connectivity index (χ3n) is 3.71. The Labute approximate surface area is 124 Å². The molecule has 0 amide bonds. The monoisotopic (exact) mass is 299 g/mol. The van der Waals surface area contributed by atoms with E-state index in [9.17, 15) is 5.11 Å². The summed E-state index contributed by atoms with van der Waals surface area (Å²) in [6.07, 6.45) is 4.41. The molecule has 1 heterocycles. The van der Waals surface area contributed by atoms with Gasteiger partial charge in [-0.15, -0.1) is 0 Å². The van der Waals surface area contributed by atoms with Crippen LogP contribution in [0.5, 0.6) is 0 Å².